The lowest BCUT2D eigenvalue weighted by Gasteiger charge is -2.17. The maximum Gasteiger partial charge on any atom is 0.152 e. The van der Waals surface area contributed by atoms with Crippen molar-refractivity contribution in [3.63, 3.8) is 0 Å². The molecule has 0 unspecified atom stereocenters. The second-order valence-electron chi connectivity index (χ2n) is 5.88. The van der Waals surface area contributed by atoms with Crippen molar-refractivity contribution < 1.29 is 22.6 Å². The molecule has 0 saturated heterocycles. The minimum Gasteiger partial charge on any atom is -0.379 e. The third-order valence-corrected chi connectivity index (χ3v) is 4.26. The summed E-state index contributed by atoms with van der Waals surface area (Å²) in [7, 11) is -3.01. The summed E-state index contributed by atoms with van der Waals surface area (Å²) in [5, 5.41) is 0. The molecule has 0 N–H and O–H groups in total. The van der Waals surface area contributed by atoms with Gasteiger partial charge in [-0.15, -0.1) is 0 Å². The summed E-state index contributed by atoms with van der Waals surface area (Å²) in [6, 6.07) is 0. The molecule has 122 valence electrons. The van der Waals surface area contributed by atoms with Crippen molar-refractivity contribution in [3.8, 4) is 0 Å². The predicted molar refractivity (Wildman–Crippen MR) is 80.9 cm³/mol. The normalized spacial score (nSPS) is 12.8. The summed E-state index contributed by atoms with van der Waals surface area (Å²) in [5.41, 5.74) is 0.0440. The number of hydrogen-bond donors (Lipinski definition) is 0. The fraction of sp³-hybridized carbons (Fsp3) is 1.00. The van der Waals surface area contributed by atoms with E-state index < -0.39 is 9.84 Å². The Morgan fingerprint density at radius 1 is 0.800 bits per heavy atom. The molecule has 0 aliphatic carbocycles. The Hall–Kier alpha value is -0.170. The van der Waals surface area contributed by atoms with E-state index in [4.69, 9.17) is 14.2 Å². The van der Waals surface area contributed by atoms with Gasteiger partial charge in [0.05, 0.1) is 44.5 Å². The van der Waals surface area contributed by atoms with Crippen molar-refractivity contribution in [2.75, 3.05) is 51.1 Å². The summed E-state index contributed by atoms with van der Waals surface area (Å²) in [6.07, 6.45) is 0.676. The van der Waals surface area contributed by atoms with Crippen molar-refractivity contribution in [3.05, 3.63) is 0 Å². The van der Waals surface area contributed by atoms with Crippen LogP contribution in [0.25, 0.3) is 0 Å². The molecule has 0 atom stereocenters. The van der Waals surface area contributed by atoms with E-state index >= 15 is 0 Å². The first kappa shape index (κ1) is 19.8. The van der Waals surface area contributed by atoms with Crippen LogP contribution in [0.4, 0.5) is 0 Å². The van der Waals surface area contributed by atoms with Gasteiger partial charge in [0.1, 0.15) is 0 Å². The van der Waals surface area contributed by atoms with Gasteiger partial charge in [0, 0.05) is 6.61 Å². The Bertz CT molecular complexity index is 319. The smallest absolute Gasteiger partial charge is 0.152 e. The molecule has 0 rings (SSSR count). The van der Waals surface area contributed by atoms with Gasteiger partial charge in [-0.25, -0.2) is 8.42 Å². The predicted octanol–water partition coefficient (Wildman–Crippen LogP) is 1.91. The number of rotatable bonds is 12. The molecule has 0 radical (unpaired) electrons. The van der Waals surface area contributed by atoms with E-state index in [1.54, 1.807) is 0 Å². The summed E-state index contributed by atoms with van der Waals surface area (Å²) in [5.74, 6) is 0.312. The first-order chi connectivity index (χ1) is 9.27. The topological polar surface area (TPSA) is 61.8 Å². The maximum absolute atomic E-state index is 11.8. The highest BCUT2D eigenvalue weighted by molar-refractivity contribution is 7.91. The fourth-order valence-electron chi connectivity index (χ4n) is 1.33. The molecule has 0 amide bonds. The van der Waals surface area contributed by atoms with Crippen molar-refractivity contribution in [2.24, 2.45) is 5.41 Å². The fourth-order valence-corrected chi connectivity index (χ4v) is 2.83. The molecule has 0 aliphatic rings. The Morgan fingerprint density at radius 3 is 1.80 bits per heavy atom. The van der Waals surface area contributed by atoms with E-state index in [9.17, 15) is 8.42 Å². The molecular formula is C14H30O5S. The van der Waals surface area contributed by atoms with Crippen LogP contribution in [-0.2, 0) is 24.0 Å². The van der Waals surface area contributed by atoms with E-state index in [2.05, 4.69) is 0 Å². The second kappa shape index (κ2) is 10.5. The van der Waals surface area contributed by atoms with Crippen molar-refractivity contribution in [2.45, 2.75) is 34.1 Å². The van der Waals surface area contributed by atoms with Gasteiger partial charge in [0.2, 0.25) is 0 Å². The molecule has 0 spiro atoms. The first-order valence-electron chi connectivity index (χ1n) is 7.20. The Morgan fingerprint density at radius 2 is 1.30 bits per heavy atom. The van der Waals surface area contributed by atoms with E-state index in [0.717, 1.165) is 0 Å². The molecule has 0 aliphatic heterocycles. The lowest BCUT2D eigenvalue weighted by atomic mass is 9.94. The third-order valence-electron chi connectivity index (χ3n) is 2.65. The summed E-state index contributed by atoms with van der Waals surface area (Å²) < 4.78 is 39.2. The van der Waals surface area contributed by atoms with Gasteiger partial charge in [-0.3, -0.25) is 0 Å². The molecule has 0 aromatic heterocycles. The molecule has 0 aromatic carbocycles. The maximum atomic E-state index is 11.8. The summed E-state index contributed by atoms with van der Waals surface area (Å²) in [4.78, 5) is 0. The summed E-state index contributed by atoms with van der Waals surface area (Å²) >= 11 is 0. The Kier molecular flexibility index (Phi) is 10.5. The van der Waals surface area contributed by atoms with Crippen LogP contribution in [0.2, 0.25) is 0 Å². The van der Waals surface area contributed by atoms with Crippen LogP contribution in [0, 0.1) is 5.41 Å². The van der Waals surface area contributed by atoms with Gasteiger partial charge in [0.25, 0.3) is 0 Å². The average molecular weight is 310 g/mol. The highest BCUT2D eigenvalue weighted by Crippen LogP contribution is 2.19. The minimum absolute atomic E-state index is 0.0440. The van der Waals surface area contributed by atoms with Crippen LogP contribution in [0.5, 0.6) is 0 Å². The number of sulfone groups is 1. The van der Waals surface area contributed by atoms with Crippen LogP contribution >= 0.6 is 0 Å². The molecule has 5 nitrogen and oxygen atoms in total. The van der Waals surface area contributed by atoms with Crippen molar-refractivity contribution >= 4 is 9.84 Å². The van der Waals surface area contributed by atoms with Gasteiger partial charge in [-0.05, 0) is 18.8 Å². The van der Waals surface area contributed by atoms with E-state index in [1.165, 1.54) is 0 Å². The van der Waals surface area contributed by atoms with E-state index in [1.807, 2.05) is 27.7 Å². The third kappa shape index (κ3) is 14.2. The molecule has 6 heteroatoms. The lowest BCUT2D eigenvalue weighted by Crippen LogP contribution is -2.20. The van der Waals surface area contributed by atoms with E-state index in [0.29, 0.717) is 39.5 Å². The van der Waals surface area contributed by atoms with Crippen LogP contribution in [0.3, 0.4) is 0 Å². The van der Waals surface area contributed by atoms with Crippen molar-refractivity contribution in [1.82, 2.24) is 0 Å². The van der Waals surface area contributed by atoms with Crippen LogP contribution in [0.1, 0.15) is 34.1 Å². The van der Waals surface area contributed by atoms with Crippen LogP contribution < -0.4 is 0 Å². The molecule has 0 bridgehead atoms. The lowest BCUT2D eigenvalue weighted by molar-refractivity contribution is 0.0198. The van der Waals surface area contributed by atoms with Crippen LogP contribution in [0.15, 0.2) is 0 Å². The van der Waals surface area contributed by atoms with Crippen LogP contribution in [-0.4, -0.2) is 59.6 Å². The molecule has 0 heterocycles. The van der Waals surface area contributed by atoms with Gasteiger partial charge < -0.3 is 14.2 Å². The number of hydrogen-bond acceptors (Lipinski definition) is 5. The zero-order chi connectivity index (χ0) is 15.5. The van der Waals surface area contributed by atoms with Crippen molar-refractivity contribution in [1.29, 1.82) is 0 Å². The molecule has 0 aromatic rings. The Labute approximate surface area is 123 Å². The molecule has 0 fully saturated rings. The highest BCUT2D eigenvalue weighted by Gasteiger charge is 2.17. The van der Waals surface area contributed by atoms with Gasteiger partial charge in [-0.2, -0.15) is 0 Å². The zero-order valence-corrected chi connectivity index (χ0v) is 14.1. The van der Waals surface area contributed by atoms with Gasteiger partial charge >= 0.3 is 0 Å². The SMILES string of the molecule is CCOCCOCCOCCS(=O)(=O)CCC(C)(C)C. The van der Waals surface area contributed by atoms with E-state index in [-0.39, 0.29) is 23.5 Å². The standard InChI is InChI=1S/C14H30O5S/c1-5-17-7-8-18-9-10-19-11-13-20(15,16)12-6-14(2,3)4/h5-13H2,1-4H3. The highest BCUT2D eigenvalue weighted by atomic mass is 32.2. The Balaban J connectivity index is 3.49. The first-order valence-corrected chi connectivity index (χ1v) is 9.02. The molecule has 0 saturated carbocycles. The monoisotopic (exact) mass is 310 g/mol. The van der Waals surface area contributed by atoms with Gasteiger partial charge in [0.15, 0.2) is 9.84 Å². The average Bonchev–Trinajstić information content (AvgIpc) is 2.34. The molecular weight excluding hydrogens is 280 g/mol. The number of ether oxygens (including phenoxy) is 3. The zero-order valence-electron chi connectivity index (χ0n) is 13.3. The summed E-state index contributed by atoms with van der Waals surface area (Å²) in [6.45, 7) is 11.0. The quantitative estimate of drug-likeness (QED) is 0.515. The van der Waals surface area contributed by atoms with Gasteiger partial charge in [-0.1, -0.05) is 20.8 Å². The largest absolute Gasteiger partial charge is 0.379 e. The molecule has 20 heavy (non-hydrogen) atoms. The minimum atomic E-state index is -3.01. The second-order valence-corrected chi connectivity index (χ2v) is 8.19.